The molecule has 1 heterocycles. The highest BCUT2D eigenvalue weighted by Crippen LogP contribution is 2.36. The van der Waals surface area contributed by atoms with Crippen LogP contribution in [0.1, 0.15) is 28.4 Å². The minimum absolute atomic E-state index is 0.0777. The highest BCUT2D eigenvalue weighted by atomic mass is 19.4. The standard InChI is InChI=1S/C13H11F3N2O3/c1-2-9-10(13(14,15)16)4-3-5-11(9)20-21-12(19)8-6-17-18-7-8/h3-7H,2H2,1H3,(H,17,18). The molecule has 2 aromatic rings. The Balaban J connectivity index is 2.19. The summed E-state index contributed by atoms with van der Waals surface area (Å²) in [6, 6.07) is 3.43. The number of halogens is 3. The Labute approximate surface area is 117 Å². The lowest BCUT2D eigenvalue weighted by atomic mass is 10.0. The lowest BCUT2D eigenvalue weighted by Crippen LogP contribution is -2.12. The van der Waals surface area contributed by atoms with Gasteiger partial charge in [0.15, 0.2) is 5.75 Å². The van der Waals surface area contributed by atoms with Gasteiger partial charge in [-0.2, -0.15) is 18.3 Å². The molecule has 0 fully saturated rings. The van der Waals surface area contributed by atoms with Crippen LogP contribution in [0.5, 0.6) is 5.75 Å². The average molecular weight is 300 g/mol. The highest BCUT2D eigenvalue weighted by molar-refractivity contribution is 5.88. The first-order chi connectivity index (χ1) is 9.93. The van der Waals surface area contributed by atoms with E-state index in [0.29, 0.717) is 0 Å². The van der Waals surface area contributed by atoms with Crippen LogP contribution in [-0.2, 0) is 17.5 Å². The molecule has 0 saturated carbocycles. The van der Waals surface area contributed by atoms with E-state index in [-0.39, 0.29) is 23.3 Å². The van der Waals surface area contributed by atoms with Gasteiger partial charge in [-0.1, -0.05) is 13.0 Å². The largest absolute Gasteiger partial charge is 0.416 e. The maximum atomic E-state index is 12.9. The van der Waals surface area contributed by atoms with Gasteiger partial charge in [-0.3, -0.25) is 9.99 Å². The number of nitrogens with zero attached hydrogens (tertiary/aromatic N) is 1. The lowest BCUT2D eigenvalue weighted by molar-refractivity contribution is -0.152. The fourth-order valence-corrected chi connectivity index (χ4v) is 1.77. The summed E-state index contributed by atoms with van der Waals surface area (Å²) in [6.07, 6.45) is -1.94. The number of aromatic amines is 1. The summed E-state index contributed by atoms with van der Waals surface area (Å²) in [5.41, 5.74) is -0.799. The molecule has 0 aliphatic carbocycles. The van der Waals surface area contributed by atoms with Crippen molar-refractivity contribution < 1.29 is 27.7 Å². The first-order valence-corrected chi connectivity index (χ1v) is 6.00. The second-order valence-corrected chi connectivity index (χ2v) is 4.07. The molecule has 21 heavy (non-hydrogen) atoms. The molecule has 0 unspecified atom stereocenters. The van der Waals surface area contributed by atoms with E-state index in [4.69, 9.17) is 4.89 Å². The van der Waals surface area contributed by atoms with E-state index < -0.39 is 17.7 Å². The van der Waals surface area contributed by atoms with Crippen molar-refractivity contribution in [2.24, 2.45) is 0 Å². The number of rotatable bonds is 4. The first-order valence-electron chi connectivity index (χ1n) is 6.00. The summed E-state index contributed by atoms with van der Waals surface area (Å²) >= 11 is 0. The number of carbonyl (C=O) groups excluding carboxylic acids is 1. The van der Waals surface area contributed by atoms with E-state index in [1.807, 2.05) is 0 Å². The van der Waals surface area contributed by atoms with Crippen LogP contribution in [0.15, 0.2) is 30.6 Å². The van der Waals surface area contributed by atoms with E-state index in [1.54, 1.807) is 6.92 Å². The second-order valence-electron chi connectivity index (χ2n) is 4.07. The van der Waals surface area contributed by atoms with Gasteiger partial charge in [0.1, 0.15) is 5.56 Å². The fraction of sp³-hybridized carbons (Fsp3) is 0.231. The Kier molecular flexibility index (Phi) is 4.15. The number of carbonyl (C=O) groups is 1. The van der Waals surface area contributed by atoms with Gasteiger partial charge in [0.2, 0.25) is 0 Å². The van der Waals surface area contributed by atoms with Crippen LogP contribution in [0.2, 0.25) is 0 Å². The van der Waals surface area contributed by atoms with Crippen molar-refractivity contribution in [2.45, 2.75) is 19.5 Å². The van der Waals surface area contributed by atoms with Gasteiger partial charge in [0.05, 0.1) is 11.8 Å². The molecule has 112 valence electrons. The topological polar surface area (TPSA) is 64.2 Å². The van der Waals surface area contributed by atoms with Gasteiger partial charge < -0.3 is 0 Å². The summed E-state index contributed by atoms with van der Waals surface area (Å²) < 4.78 is 38.6. The van der Waals surface area contributed by atoms with Gasteiger partial charge in [-0.15, -0.1) is 0 Å². The maximum Gasteiger partial charge on any atom is 0.416 e. The number of benzene rings is 1. The minimum Gasteiger partial charge on any atom is -0.286 e. The third-order valence-corrected chi connectivity index (χ3v) is 2.73. The molecule has 0 aliphatic rings. The van der Waals surface area contributed by atoms with Crippen molar-refractivity contribution in [3.05, 3.63) is 47.3 Å². The van der Waals surface area contributed by atoms with E-state index in [1.165, 1.54) is 24.5 Å². The molecule has 0 amide bonds. The molecular formula is C13H11F3N2O3. The Hall–Kier alpha value is -2.51. The Morgan fingerprint density at radius 2 is 2.14 bits per heavy atom. The third-order valence-electron chi connectivity index (χ3n) is 2.73. The number of nitrogens with one attached hydrogen (secondary N) is 1. The Morgan fingerprint density at radius 1 is 1.38 bits per heavy atom. The van der Waals surface area contributed by atoms with Crippen molar-refractivity contribution in [3.8, 4) is 5.75 Å². The highest BCUT2D eigenvalue weighted by Gasteiger charge is 2.34. The quantitative estimate of drug-likeness (QED) is 0.696. The molecular weight excluding hydrogens is 289 g/mol. The molecule has 5 nitrogen and oxygen atoms in total. The minimum atomic E-state index is -4.50. The molecule has 0 saturated heterocycles. The van der Waals surface area contributed by atoms with Crippen molar-refractivity contribution in [2.75, 3.05) is 0 Å². The number of hydrogen-bond acceptors (Lipinski definition) is 4. The molecule has 1 aromatic carbocycles. The number of hydrogen-bond donors (Lipinski definition) is 1. The van der Waals surface area contributed by atoms with Crippen LogP contribution < -0.4 is 4.89 Å². The fourth-order valence-electron chi connectivity index (χ4n) is 1.77. The Bertz CT molecular complexity index is 624. The molecule has 1 N–H and O–H groups in total. The van der Waals surface area contributed by atoms with E-state index in [0.717, 1.165) is 6.07 Å². The zero-order valence-corrected chi connectivity index (χ0v) is 10.9. The first kappa shape index (κ1) is 14.9. The predicted octanol–water partition coefficient (Wildman–Crippen LogP) is 3.14. The lowest BCUT2D eigenvalue weighted by Gasteiger charge is -2.14. The average Bonchev–Trinajstić information content (AvgIpc) is 2.97. The Morgan fingerprint density at radius 3 is 2.71 bits per heavy atom. The molecule has 0 bridgehead atoms. The van der Waals surface area contributed by atoms with Crippen LogP contribution >= 0.6 is 0 Å². The molecule has 0 spiro atoms. The SMILES string of the molecule is CCc1c(OOC(=O)c2cn[nH]c2)cccc1C(F)(F)F. The number of aromatic nitrogens is 2. The molecule has 1 aromatic heterocycles. The van der Waals surface area contributed by atoms with Crippen LogP contribution in [0.3, 0.4) is 0 Å². The van der Waals surface area contributed by atoms with Gasteiger partial charge >= 0.3 is 12.1 Å². The normalized spacial score (nSPS) is 11.2. The zero-order chi connectivity index (χ0) is 15.5. The van der Waals surface area contributed by atoms with Gasteiger partial charge in [-0.25, -0.2) is 9.68 Å². The molecule has 0 atom stereocenters. The second kappa shape index (κ2) is 5.86. The van der Waals surface area contributed by atoms with Crippen molar-refractivity contribution in [1.29, 1.82) is 0 Å². The van der Waals surface area contributed by atoms with E-state index in [2.05, 4.69) is 15.1 Å². The summed E-state index contributed by atoms with van der Waals surface area (Å²) in [7, 11) is 0. The van der Waals surface area contributed by atoms with Crippen molar-refractivity contribution in [1.82, 2.24) is 10.2 Å². The summed E-state index contributed by atoms with van der Waals surface area (Å²) in [5, 5.41) is 5.95. The van der Waals surface area contributed by atoms with Gasteiger partial charge in [0.25, 0.3) is 0 Å². The summed E-state index contributed by atoms with van der Waals surface area (Å²) in [4.78, 5) is 20.8. The van der Waals surface area contributed by atoms with Crippen LogP contribution in [0.25, 0.3) is 0 Å². The van der Waals surface area contributed by atoms with Crippen LogP contribution in [-0.4, -0.2) is 16.2 Å². The summed E-state index contributed by atoms with van der Waals surface area (Å²) in [5.74, 6) is -1.01. The molecule has 0 aliphatic heterocycles. The predicted molar refractivity (Wildman–Crippen MR) is 65.5 cm³/mol. The monoisotopic (exact) mass is 300 g/mol. The van der Waals surface area contributed by atoms with Crippen molar-refractivity contribution >= 4 is 5.97 Å². The number of alkyl halides is 3. The van der Waals surface area contributed by atoms with Gasteiger partial charge in [0, 0.05) is 11.8 Å². The van der Waals surface area contributed by atoms with Crippen LogP contribution in [0, 0.1) is 0 Å². The number of H-pyrrole nitrogens is 1. The molecule has 2 rings (SSSR count). The molecule has 0 radical (unpaired) electrons. The van der Waals surface area contributed by atoms with Crippen LogP contribution in [0.4, 0.5) is 13.2 Å². The molecule has 8 heteroatoms. The van der Waals surface area contributed by atoms with Crippen molar-refractivity contribution in [3.63, 3.8) is 0 Å². The van der Waals surface area contributed by atoms with Gasteiger partial charge in [-0.05, 0) is 18.6 Å². The van der Waals surface area contributed by atoms with E-state index >= 15 is 0 Å². The summed E-state index contributed by atoms with van der Waals surface area (Å²) in [6.45, 7) is 1.55. The zero-order valence-electron chi connectivity index (χ0n) is 10.9. The maximum absolute atomic E-state index is 12.9. The smallest absolute Gasteiger partial charge is 0.286 e. The third kappa shape index (κ3) is 3.33. The van der Waals surface area contributed by atoms with E-state index in [9.17, 15) is 18.0 Å².